The molecule has 21 heavy (non-hydrogen) atoms. The molecule has 5 nitrogen and oxygen atoms in total. The SMILES string of the molecule is O=C(/N=C1/CCOC1)c1ccc(-n2ccccc2=O)cc1. The van der Waals surface area contributed by atoms with Gasteiger partial charge in [0.2, 0.25) is 0 Å². The van der Waals surface area contributed by atoms with Crippen molar-refractivity contribution < 1.29 is 9.53 Å². The van der Waals surface area contributed by atoms with Crippen molar-refractivity contribution in [3.63, 3.8) is 0 Å². The molecular formula is C16H14N2O3. The molecule has 0 spiro atoms. The van der Waals surface area contributed by atoms with E-state index < -0.39 is 0 Å². The standard InChI is InChI=1S/C16H14N2O3/c19-15-3-1-2-9-18(15)14-6-4-12(5-7-14)16(20)17-13-8-10-21-11-13/h1-7,9H,8,10-11H2/b17-13-. The van der Waals surface area contributed by atoms with Crippen molar-refractivity contribution in [2.24, 2.45) is 4.99 Å². The summed E-state index contributed by atoms with van der Waals surface area (Å²) >= 11 is 0. The smallest absolute Gasteiger partial charge is 0.276 e. The van der Waals surface area contributed by atoms with E-state index >= 15 is 0 Å². The second-order valence-corrected chi connectivity index (χ2v) is 4.74. The fourth-order valence-corrected chi connectivity index (χ4v) is 2.15. The number of amides is 1. The molecule has 0 aliphatic carbocycles. The Bertz CT molecular complexity index is 737. The van der Waals surface area contributed by atoms with Crippen LogP contribution in [-0.2, 0) is 4.74 Å². The highest BCUT2D eigenvalue weighted by Gasteiger charge is 2.12. The van der Waals surface area contributed by atoms with Crippen LogP contribution in [0.1, 0.15) is 16.8 Å². The van der Waals surface area contributed by atoms with Gasteiger partial charge >= 0.3 is 0 Å². The van der Waals surface area contributed by atoms with Gasteiger partial charge in [-0.3, -0.25) is 14.2 Å². The summed E-state index contributed by atoms with van der Waals surface area (Å²) in [5.41, 5.74) is 1.89. The molecule has 0 bridgehead atoms. The van der Waals surface area contributed by atoms with Crippen LogP contribution in [-0.4, -0.2) is 29.4 Å². The van der Waals surface area contributed by atoms with E-state index in [1.54, 1.807) is 42.6 Å². The molecule has 1 amide bonds. The average molecular weight is 282 g/mol. The normalized spacial score (nSPS) is 16.3. The molecule has 1 aromatic heterocycles. The monoisotopic (exact) mass is 282 g/mol. The van der Waals surface area contributed by atoms with Crippen LogP contribution < -0.4 is 5.56 Å². The highest BCUT2D eigenvalue weighted by atomic mass is 16.5. The summed E-state index contributed by atoms with van der Waals surface area (Å²) in [7, 11) is 0. The Morgan fingerprint density at radius 3 is 2.62 bits per heavy atom. The summed E-state index contributed by atoms with van der Waals surface area (Å²) in [4.78, 5) is 27.8. The topological polar surface area (TPSA) is 60.7 Å². The van der Waals surface area contributed by atoms with E-state index in [-0.39, 0.29) is 11.5 Å². The van der Waals surface area contributed by atoms with Crippen LogP contribution >= 0.6 is 0 Å². The zero-order valence-electron chi connectivity index (χ0n) is 11.4. The molecule has 2 heterocycles. The molecule has 106 valence electrons. The van der Waals surface area contributed by atoms with E-state index in [4.69, 9.17) is 4.74 Å². The molecule has 1 aliphatic heterocycles. The molecule has 1 aliphatic rings. The molecule has 1 saturated heterocycles. The predicted octanol–water partition coefficient (Wildman–Crippen LogP) is 1.84. The van der Waals surface area contributed by atoms with Gasteiger partial charge in [-0.25, -0.2) is 4.99 Å². The molecule has 5 heteroatoms. The third-order valence-electron chi connectivity index (χ3n) is 3.28. The maximum Gasteiger partial charge on any atom is 0.276 e. The number of pyridine rings is 1. The highest BCUT2D eigenvalue weighted by molar-refractivity contribution is 6.04. The van der Waals surface area contributed by atoms with Gasteiger partial charge in [-0.15, -0.1) is 0 Å². The molecule has 2 aromatic rings. The van der Waals surface area contributed by atoms with E-state index in [9.17, 15) is 9.59 Å². The van der Waals surface area contributed by atoms with Crippen molar-refractivity contribution in [3.8, 4) is 5.69 Å². The number of hydrogen-bond donors (Lipinski definition) is 0. The van der Waals surface area contributed by atoms with Gasteiger partial charge in [0, 0.05) is 29.9 Å². The van der Waals surface area contributed by atoms with Gasteiger partial charge in [-0.1, -0.05) is 6.07 Å². The number of rotatable bonds is 2. The third-order valence-corrected chi connectivity index (χ3v) is 3.28. The summed E-state index contributed by atoms with van der Waals surface area (Å²) in [6, 6.07) is 11.8. The van der Waals surface area contributed by atoms with Crippen LogP contribution in [0.25, 0.3) is 5.69 Å². The summed E-state index contributed by atoms with van der Waals surface area (Å²) in [6.45, 7) is 1.06. The largest absolute Gasteiger partial charge is 0.375 e. The predicted molar refractivity (Wildman–Crippen MR) is 79.2 cm³/mol. The quantitative estimate of drug-likeness (QED) is 0.844. The van der Waals surface area contributed by atoms with Crippen LogP contribution in [0.2, 0.25) is 0 Å². The zero-order chi connectivity index (χ0) is 14.7. The van der Waals surface area contributed by atoms with Gasteiger partial charge in [0.1, 0.15) is 0 Å². The fourth-order valence-electron chi connectivity index (χ4n) is 2.15. The molecule has 0 unspecified atom stereocenters. The first kappa shape index (κ1) is 13.5. The zero-order valence-corrected chi connectivity index (χ0v) is 11.4. The summed E-state index contributed by atoms with van der Waals surface area (Å²) in [5, 5.41) is 0. The summed E-state index contributed by atoms with van der Waals surface area (Å²) in [5.74, 6) is -0.276. The Labute approximate surface area is 121 Å². The average Bonchev–Trinajstić information content (AvgIpc) is 3.01. The molecule has 0 atom stereocenters. The molecule has 3 rings (SSSR count). The van der Waals surface area contributed by atoms with Gasteiger partial charge in [-0.05, 0) is 30.3 Å². The Balaban J connectivity index is 1.84. The van der Waals surface area contributed by atoms with E-state index in [1.165, 1.54) is 10.6 Å². The maximum atomic E-state index is 12.0. The van der Waals surface area contributed by atoms with Crippen molar-refractivity contribution >= 4 is 11.6 Å². The van der Waals surface area contributed by atoms with Crippen molar-refractivity contribution in [2.45, 2.75) is 6.42 Å². The minimum absolute atomic E-state index is 0.111. The van der Waals surface area contributed by atoms with Crippen molar-refractivity contribution in [2.75, 3.05) is 13.2 Å². The number of aliphatic imine (C=N–C) groups is 1. The molecule has 1 aromatic carbocycles. The second kappa shape index (κ2) is 5.85. The van der Waals surface area contributed by atoms with Crippen LogP contribution in [0.3, 0.4) is 0 Å². The molecule has 1 fully saturated rings. The van der Waals surface area contributed by atoms with Gasteiger partial charge in [0.05, 0.1) is 18.9 Å². The lowest BCUT2D eigenvalue weighted by molar-refractivity contribution is 0.100. The molecule has 0 N–H and O–H groups in total. The lowest BCUT2D eigenvalue weighted by atomic mass is 10.2. The second-order valence-electron chi connectivity index (χ2n) is 4.74. The third kappa shape index (κ3) is 2.98. The van der Waals surface area contributed by atoms with Gasteiger partial charge < -0.3 is 4.74 Å². The Morgan fingerprint density at radius 2 is 1.95 bits per heavy atom. The number of hydrogen-bond acceptors (Lipinski definition) is 3. The van der Waals surface area contributed by atoms with Gasteiger partial charge in [0.25, 0.3) is 11.5 Å². The highest BCUT2D eigenvalue weighted by Crippen LogP contribution is 2.10. The first-order valence-electron chi connectivity index (χ1n) is 6.71. The van der Waals surface area contributed by atoms with Crippen LogP contribution in [0, 0.1) is 0 Å². The van der Waals surface area contributed by atoms with Crippen molar-refractivity contribution in [1.29, 1.82) is 0 Å². The van der Waals surface area contributed by atoms with Crippen molar-refractivity contribution in [1.82, 2.24) is 4.57 Å². The van der Waals surface area contributed by atoms with Crippen LogP contribution in [0.15, 0.2) is 58.4 Å². The van der Waals surface area contributed by atoms with Gasteiger partial charge in [0.15, 0.2) is 0 Å². The summed E-state index contributed by atoms with van der Waals surface area (Å²) in [6.07, 6.45) is 2.40. The summed E-state index contributed by atoms with van der Waals surface area (Å²) < 4.78 is 6.68. The number of carbonyl (C=O) groups excluding carboxylic acids is 1. The van der Waals surface area contributed by atoms with E-state index in [1.807, 2.05) is 0 Å². The Hall–Kier alpha value is -2.53. The van der Waals surface area contributed by atoms with Gasteiger partial charge in [-0.2, -0.15) is 0 Å². The molecular weight excluding hydrogens is 268 g/mol. The van der Waals surface area contributed by atoms with Crippen molar-refractivity contribution in [3.05, 3.63) is 64.6 Å². The number of aromatic nitrogens is 1. The minimum atomic E-state index is -0.276. The number of ether oxygens (including phenoxy) is 1. The Morgan fingerprint density at radius 1 is 1.14 bits per heavy atom. The van der Waals surface area contributed by atoms with Crippen LogP contribution in [0.5, 0.6) is 0 Å². The van der Waals surface area contributed by atoms with Crippen LogP contribution in [0.4, 0.5) is 0 Å². The number of carbonyl (C=O) groups is 1. The number of nitrogens with zero attached hydrogens (tertiary/aromatic N) is 2. The molecule has 0 radical (unpaired) electrons. The Kier molecular flexibility index (Phi) is 3.75. The minimum Gasteiger partial charge on any atom is -0.375 e. The first-order valence-corrected chi connectivity index (χ1v) is 6.71. The lowest BCUT2D eigenvalue weighted by Gasteiger charge is -2.05. The number of benzene rings is 1. The maximum absolute atomic E-state index is 12.0. The van der Waals surface area contributed by atoms with E-state index in [0.29, 0.717) is 30.9 Å². The first-order chi connectivity index (χ1) is 10.2. The fraction of sp³-hybridized carbons (Fsp3) is 0.188. The molecule has 0 saturated carbocycles. The lowest BCUT2D eigenvalue weighted by Crippen LogP contribution is -2.15. The van der Waals surface area contributed by atoms with E-state index in [0.717, 1.165) is 5.71 Å². The van der Waals surface area contributed by atoms with E-state index in [2.05, 4.69) is 4.99 Å².